The molecule has 1 saturated heterocycles. The number of rotatable bonds is 4. The lowest BCUT2D eigenvalue weighted by molar-refractivity contribution is -0.137. The molecule has 1 aromatic heterocycles. The fourth-order valence-corrected chi connectivity index (χ4v) is 3.49. The third-order valence-electron chi connectivity index (χ3n) is 5.01. The van der Waals surface area contributed by atoms with Crippen LogP contribution in [0.3, 0.4) is 0 Å². The zero-order valence-corrected chi connectivity index (χ0v) is 15.3. The van der Waals surface area contributed by atoms with Crippen molar-refractivity contribution in [1.29, 1.82) is 0 Å². The highest BCUT2D eigenvalue weighted by molar-refractivity contribution is 5.59. The maximum atomic E-state index is 12.9. The molecule has 2 aromatic carbocycles. The summed E-state index contributed by atoms with van der Waals surface area (Å²) < 4.78 is 44.6. The molecule has 0 saturated carbocycles. The average Bonchev–Trinajstić information content (AvgIpc) is 3.17. The van der Waals surface area contributed by atoms with Gasteiger partial charge in [-0.05, 0) is 36.4 Å². The number of hydrogen-bond acceptors (Lipinski definition) is 3. The Morgan fingerprint density at radius 1 is 0.821 bits per heavy atom. The van der Waals surface area contributed by atoms with Gasteiger partial charge in [0.2, 0.25) is 0 Å². The second-order valence-corrected chi connectivity index (χ2v) is 6.94. The van der Waals surface area contributed by atoms with Crippen molar-refractivity contribution in [3.05, 3.63) is 78.1 Å². The van der Waals surface area contributed by atoms with Gasteiger partial charge in [-0.2, -0.15) is 13.2 Å². The maximum absolute atomic E-state index is 12.9. The molecular formula is C22H21F3N2O. The molecule has 2 heterocycles. The van der Waals surface area contributed by atoms with Crippen LogP contribution in [0.1, 0.15) is 11.3 Å². The lowest BCUT2D eigenvalue weighted by Crippen LogP contribution is -2.45. The van der Waals surface area contributed by atoms with Gasteiger partial charge in [-0.25, -0.2) is 0 Å². The lowest BCUT2D eigenvalue weighted by atomic mass is 10.1. The first-order chi connectivity index (χ1) is 13.5. The molecule has 0 N–H and O–H groups in total. The Kier molecular flexibility index (Phi) is 5.13. The fourth-order valence-electron chi connectivity index (χ4n) is 3.49. The Hall–Kier alpha value is -2.73. The van der Waals surface area contributed by atoms with Gasteiger partial charge < -0.3 is 9.32 Å². The summed E-state index contributed by atoms with van der Waals surface area (Å²) in [5.41, 5.74) is 1.00. The summed E-state index contributed by atoms with van der Waals surface area (Å²) in [4.78, 5) is 4.65. The number of halogens is 3. The molecule has 3 nitrogen and oxygen atoms in total. The second-order valence-electron chi connectivity index (χ2n) is 6.94. The molecule has 0 bridgehead atoms. The minimum absolute atomic E-state index is 0.440. The number of piperazine rings is 1. The van der Waals surface area contributed by atoms with Gasteiger partial charge in [0.1, 0.15) is 11.5 Å². The van der Waals surface area contributed by atoms with Crippen molar-refractivity contribution in [2.24, 2.45) is 0 Å². The van der Waals surface area contributed by atoms with Crippen molar-refractivity contribution in [3.63, 3.8) is 0 Å². The molecule has 6 heteroatoms. The van der Waals surface area contributed by atoms with Crippen LogP contribution < -0.4 is 4.90 Å². The van der Waals surface area contributed by atoms with Crippen LogP contribution in [0.5, 0.6) is 0 Å². The fraction of sp³-hybridized carbons (Fsp3) is 0.273. The standard InChI is InChI=1S/C22H21F3N2O/c23-22(24,25)18-6-4-5-17(15-18)21-10-9-20(28-21)16-26-11-13-27(14-12-26)19-7-2-1-3-8-19/h1-10,15H,11-14,16H2. The number of nitrogens with zero attached hydrogens (tertiary/aromatic N) is 2. The van der Waals surface area contributed by atoms with Crippen LogP contribution in [-0.2, 0) is 12.7 Å². The number of para-hydroxylation sites is 1. The lowest BCUT2D eigenvalue weighted by Gasteiger charge is -2.35. The second kappa shape index (κ2) is 7.72. The number of hydrogen-bond donors (Lipinski definition) is 0. The number of anilines is 1. The predicted molar refractivity (Wildman–Crippen MR) is 103 cm³/mol. The Labute approximate surface area is 162 Å². The van der Waals surface area contributed by atoms with Gasteiger partial charge in [0, 0.05) is 37.4 Å². The number of alkyl halides is 3. The van der Waals surface area contributed by atoms with Crippen molar-refractivity contribution < 1.29 is 17.6 Å². The molecule has 1 aliphatic heterocycles. The third-order valence-corrected chi connectivity index (χ3v) is 5.01. The minimum atomic E-state index is -4.36. The van der Waals surface area contributed by atoms with E-state index in [9.17, 15) is 13.2 Å². The summed E-state index contributed by atoms with van der Waals surface area (Å²) in [5, 5.41) is 0. The van der Waals surface area contributed by atoms with Crippen molar-refractivity contribution in [2.45, 2.75) is 12.7 Å². The molecule has 0 spiro atoms. The van der Waals surface area contributed by atoms with Gasteiger partial charge >= 0.3 is 6.18 Å². The van der Waals surface area contributed by atoms with Crippen LogP contribution >= 0.6 is 0 Å². The average molecular weight is 386 g/mol. The maximum Gasteiger partial charge on any atom is 0.416 e. The summed E-state index contributed by atoms with van der Waals surface area (Å²) >= 11 is 0. The van der Waals surface area contributed by atoms with Crippen molar-refractivity contribution in [1.82, 2.24) is 4.90 Å². The highest BCUT2D eigenvalue weighted by atomic mass is 19.4. The summed E-state index contributed by atoms with van der Waals surface area (Å²) in [5.74, 6) is 1.23. The Morgan fingerprint density at radius 2 is 1.57 bits per heavy atom. The van der Waals surface area contributed by atoms with E-state index in [2.05, 4.69) is 21.9 Å². The molecule has 4 rings (SSSR count). The van der Waals surface area contributed by atoms with Crippen molar-refractivity contribution in [3.8, 4) is 11.3 Å². The summed E-state index contributed by atoms with van der Waals surface area (Å²) in [6.07, 6.45) is -4.36. The van der Waals surface area contributed by atoms with Crippen LogP contribution in [0, 0.1) is 0 Å². The van der Waals surface area contributed by atoms with Gasteiger partial charge in [-0.1, -0.05) is 30.3 Å². The SMILES string of the molecule is FC(F)(F)c1cccc(-c2ccc(CN3CCN(c4ccccc4)CC3)o2)c1. The van der Waals surface area contributed by atoms with Gasteiger partial charge in [-0.15, -0.1) is 0 Å². The van der Waals surface area contributed by atoms with Crippen LogP contribution in [0.2, 0.25) is 0 Å². The van der Waals surface area contributed by atoms with E-state index in [1.54, 1.807) is 12.1 Å². The van der Waals surface area contributed by atoms with E-state index in [4.69, 9.17) is 4.42 Å². The Morgan fingerprint density at radius 3 is 2.29 bits per heavy atom. The smallest absolute Gasteiger partial charge is 0.416 e. The Bertz CT molecular complexity index is 913. The van der Waals surface area contributed by atoms with Crippen molar-refractivity contribution in [2.75, 3.05) is 31.1 Å². The monoisotopic (exact) mass is 386 g/mol. The largest absolute Gasteiger partial charge is 0.460 e. The first kappa shape index (κ1) is 18.6. The molecule has 146 valence electrons. The molecular weight excluding hydrogens is 365 g/mol. The minimum Gasteiger partial charge on any atom is -0.460 e. The van der Waals surface area contributed by atoms with Crippen LogP contribution in [0.25, 0.3) is 11.3 Å². The van der Waals surface area contributed by atoms with E-state index in [1.807, 2.05) is 24.3 Å². The van der Waals surface area contributed by atoms with E-state index in [-0.39, 0.29) is 0 Å². The molecule has 1 fully saturated rings. The molecule has 0 atom stereocenters. The molecule has 0 unspecified atom stereocenters. The molecule has 28 heavy (non-hydrogen) atoms. The topological polar surface area (TPSA) is 19.6 Å². The molecule has 0 radical (unpaired) electrons. The van der Waals surface area contributed by atoms with Gasteiger partial charge in [-0.3, -0.25) is 4.90 Å². The summed E-state index contributed by atoms with van der Waals surface area (Å²) in [6, 6.07) is 19.1. The van der Waals surface area contributed by atoms with Gasteiger partial charge in [0.25, 0.3) is 0 Å². The van der Waals surface area contributed by atoms with E-state index >= 15 is 0 Å². The normalized spacial score (nSPS) is 15.8. The van der Waals surface area contributed by atoms with E-state index in [1.165, 1.54) is 11.8 Å². The number of benzene rings is 2. The zero-order chi connectivity index (χ0) is 19.6. The van der Waals surface area contributed by atoms with Crippen LogP contribution in [0.15, 0.2) is 71.1 Å². The Balaban J connectivity index is 1.38. The molecule has 0 amide bonds. The van der Waals surface area contributed by atoms with Crippen molar-refractivity contribution >= 4 is 5.69 Å². The first-order valence-corrected chi connectivity index (χ1v) is 9.28. The van der Waals surface area contributed by atoms with Crippen LogP contribution in [-0.4, -0.2) is 31.1 Å². The highest BCUT2D eigenvalue weighted by Crippen LogP contribution is 2.32. The van der Waals surface area contributed by atoms with Gasteiger partial charge in [0.15, 0.2) is 0 Å². The van der Waals surface area contributed by atoms with Gasteiger partial charge in [0.05, 0.1) is 12.1 Å². The quantitative estimate of drug-likeness (QED) is 0.608. The predicted octanol–water partition coefficient (Wildman–Crippen LogP) is 5.29. The van der Waals surface area contributed by atoms with E-state index in [0.717, 1.165) is 44.1 Å². The first-order valence-electron chi connectivity index (χ1n) is 9.28. The summed E-state index contributed by atoms with van der Waals surface area (Å²) in [7, 11) is 0. The molecule has 1 aliphatic rings. The number of furan rings is 1. The van der Waals surface area contributed by atoms with E-state index in [0.29, 0.717) is 17.9 Å². The summed E-state index contributed by atoms with van der Waals surface area (Å²) in [6.45, 7) is 4.35. The zero-order valence-electron chi connectivity index (χ0n) is 15.3. The van der Waals surface area contributed by atoms with E-state index < -0.39 is 11.7 Å². The third kappa shape index (κ3) is 4.22. The van der Waals surface area contributed by atoms with Crippen LogP contribution in [0.4, 0.5) is 18.9 Å². The highest BCUT2D eigenvalue weighted by Gasteiger charge is 2.30. The molecule has 3 aromatic rings. The molecule has 0 aliphatic carbocycles.